The van der Waals surface area contributed by atoms with E-state index in [2.05, 4.69) is 15.2 Å². The van der Waals surface area contributed by atoms with E-state index >= 15 is 0 Å². The van der Waals surface area contributed by atoms with Crippen molar-refractivity contribution in [2.45, 2.75) is 31.8 Å². The molecule has 1 saturated heterocycles. The van der Waals surface area contributed by atoms with Crippen molar-refractivity contribution in [2.75, 3.05) is 32.7 Å². The van der Waals surface area contributed by atoms with Crippen LogP contribution < -0.4 is 5.32 Å². The number of carbonyl (C=O) groups is 1. The molecule has 0 unspecified atom stereocenters. The molecule has 1 aliphatic heterocycles. The van der Waals surface area contributed by atoms with Crippen LogP contribution in [-0.2, 0) is 18.4 Å². The zero-order valence-corrected chi connectivity index (χ0v) is 12.8. The van der Waals surface area contributed by atoms with Gasteiger partial charge in [0, 0.05) is 38.6 Å². The zero-order chi connectivity index (χ0) is 14.7. The number of hydrogen-bond donors (Lipinski definition) is 1. The van der Waals surface area contributed by atoms with Crippen LogP contribution in [0.4, 0.5) is 0 Å². The van der Waals surface area contributed by atoms with Crippen LogP contribution in [-0.4, -0.2) is 64.0 Å². The van der Waals surface area contributed by atoms with Gasteiger partial charge < -0.3 is 14.8 Å². The molecule has 6 nitrogen and oxygen atoms in total. The number of aryl methyl sites for hydroxylation is 1. The summed E-state index contributed by atoms with van der Waals surface area (Å²) >= 11 is 0. The van der Waals surface area contributed by atoms with Crippen LogP contribution in [0, 0.1) is 0 Å². The third-order valence-electron chi connectivity index (χ3n) is 4.33. The Balaban J connectivity index is 1.60. The Bertz CT molecular complexity index is 474. The van der Waals surface area contributed by atoms with Gasteiger partial charge in [-0.1, -0.05) is 0 Å². The summed E-state index contributed by atoms with van der Waals surface area (Å²) in [7, 11) is 1.98. The lowest BCUT2D eigenvalue weighted by atomic mass is 10.3. The summed E-state index contributed by atoms with van der Waals surface area (Å²) in [5.41, 5.74) is 0. The van der Waals surface area contributed by atoms with Gasteiger partial charge in [0.1, 0.15) is 5.82 Å². The average Bonchev–Trinajstić information content (AvgIpc) is 3.25. The smallest absolute Gasteiger partial charge is 0.237 e. The lowest BCUT2D eigenvalue weighted by Crippen LogP contribution is -2.42. The highest BCUT2D eigenvalue weighted by Crippen LogP contribution is 2.28. The molecule has 1 saturated carbocycles. The molecule has 0 bridgehead atoms. The molecule has 0 atom stereocenters. The molecule has 1 amide bonds. The van der Waals surface area contributed by atoms with Crippen LogP contribution in [0.2, 0.25) is 0 Å². The highest BCUT2D eigenvalue weighted by Gasteiger charge is 2.33. The molecular formula is C15H25N5O. The molecular weight excluding hydrogens is 266 g/mol. The molecule has 1 aliphatic carbocycles. The number of hydrogen-bond acceptors (Lipinski definition) is 4. The second kappa shape index (κ2) is 6.58. The van der Waals surface area contributed by atoms with Gasteiger partial charge in [0.15, 0.2) is 0 Å². The van der Waals surface area contributed by atoms with Gasteiger partial charge in [0.2, 0.25) is 5.91 Å². The standard InChI is InChI=1S/C15H25N5O/c1-18-9-7-17-14(18)11-20(13-3-4-13)15(21)12-19-8-2-5-16-6-10-19/h7,9,13,16H,2-6,8,10-12H2,1H3. The fourth-order valence-corrected chi connectivity index (χ4v) is 2.85. The summed E-state index contributed by atoms with van der Waals surface area (Å²) in [6.45, 7) is 5.20. The maximum Gasteiger partial charge on any atom is 0.237 e. The molecule has 1 N–H and O–H groups in total. The molecule has 0 aromatic carbocycles. The summed E-state index contributed by atoms with van der Waals surface area (Å²) < 4.78 is 2.00. The van der Waals surface area contributed by atoms with Crippen molar-refractivity contribution >= 4 is 5.91 Å². The number of rotatable bonds is 5. The van der Waals surface area contributed by atoms with Crippen LogP contribution in [0.5, 0.6) is 0 Å². The number of carbonyl (C=O) groups excluding carboxylic acids is 1. The fourth-order valence-electron chi connectivity index (χ4n) is 2.85. The monoisotopic (exact) mass is 291 g/mol. The zero-order valence-electron chi connectivity index (χ0n) is 12.8. The summed E-state index contributed by atoms with van der Waals surface area (Å²) in [6, 6.07) is 0.430. The highest BCUT2D eigenvalue weighted by molar-refractivity contribution is 5.78. The van der Waals surface area contributed by atoms with Crippen molar-refractivity contribution in [1.29, 1.82) is 0 Å². The Hall–Kier alpha value is -1.40. The molecule has 3 rings (SSSR count). The van der Waals surface area contributed by atoms with Gasteiger partial charge in [0.25, 0.3) is 0 Å². The molecule has 0 radical (unpaired) electrons. The van der Waals surface area contributed by atoms with Crippen LogP contribution in [0.25, 0.3) is 0 Å². The first-order valence-corrected chi connectivity index (χ1v) is 7.93. The van der Waals surface area contributed by atoms with E-state index < -0.39 is 0 Å². The van der Waals surface area contributed by atoms with Crippen LogP contribution >= 0.6 is 0 Å². The predicted octanol–water partition coefficient (Wildman–Crippen LogP) is 0.206. The quantitative estimate of drug-likeness (QED) is 0.842. The Kier molecular flexibility index (Phi) is 4.55. The summed E-state index contributed by atoms with van der Waals surface area (Å²) in [5.74, 6) is 1.22. The first-order valence-electron chi connectivity index (χ1n) is 7.93. The molecule has 2 fully saturated rings. The SMILES string of the molecule is Cn1ccnc1CN(C(=O)CN1CCCNCC1)C1CC1. The summed E-state index contributed by atoms with van der Waals surface area (Å²) in [5, 5.41) is 3.38. The first-order chi connectivity index (χ1) is 10.2. The van der Waals surface area contributed by atoms with Crippen LogP contribution in [0.3, 0.4) is 0 Å². The lowest BCUT2D eigenvalue weighted by molar-refractivity contribution is -0.133. The molecule has 116 valence electrons. The molecule has 1 aromatic rings. The molecule has 2 aliphatic rings. The number of nitrogens with zero attached hydrogens (tertiary/aromatic N) is 4. The van der Waals surface area contributed by atoms with Gasteiger partial charge in [-0.2, -0.15) is 0 Å². The van der Waals surface area contributed by atoms with Crippen molar-refractivity contribution in [3.63, 3.8) is 0 Å². The minimum atomic E-state index is 0.252. The molecule has 2 heterocycles. The van der Waals surface area contributed by atoms with Gasteiger partial charge in [-0.05, 0) is 32.4 Å². The first kappa shape index (κ1) is 14.5. The van der Waals surface area contributed by atoms with E-state index in [0.29, 0.717) is 19.1 Å². The number of aromatic nitrogens is 2. The van der Waals surface area contributed by atoms with Crippen molar-refractivity contribution in [3.05, 3.63) is 18.2 Å². The third kappa shape index (κ3) is 3.83. The number of nitrogens with one attached hydrogen (secondary N) is 1. The summed E-state index contributed by atoms with van der Waals surface area (Å²) in [4.78, 5) is 21.3. The fraction of sp³-hybridized carbons (Fsp3) is 0.733. The Labute approximate surface area is 126 Å². The minimum Gasteiger partial charge on any atom is -0.337 e. The second-order valence-electron chi connectivity index (χ2n) is 6.09. The molecule has 1 aromatic heterocycles. The average molecular weight is 291 g/mol. The molecule has 21 heavy (non-hydrogen) atoms. The van der Waals surface area contributed by atoms with Crippen molar-refractivity contribution in [3.8, 4) is 0 Å². The second-order valence-corrected chi connectivity index (χ2v) is 6.09. The Morgan fingerprint density at radius 3 is 3.00 bits per heavy atom. The van der Waals surface area contributed by atoms with E-state index in [1.54, 1.807) is 6.20 Å². The maximum atomic E-state index is 12.7. The van der Waals surface area contributed by atoms with Gasteiger partial charge in [-0.25, -0.2) is 4.98 Å². The van der Waals surface area contributed by atoms with Crippen LogP contribution in [0.15, 0.2) is 12.4 Å². The van der Waals surface area contributed by atoms with Crippen molar-refractivity contribution in [2.24, 2.45) is 7.05 Å². The Morgan fingerprint density at radius 2 is 2.29 bits per heavy atom. The highest BCUT2D eigenvalue weighted by atomic mass is 16.2. The van der Waals surface area contributed by atoms with E-state index in [1.807, 2.05) is 22.7 Å². The minimum absolute atomic E-state index is 0.252. The van der Waals surface area contributed by atoms with Crippen molar-refractivity contribution < 1.29 is 4.79 Å². The van der Waals surface area contributed by atoms with E-state index in [4.69, 9.17) is 0 Å². The van der Waals surface area contributed by atoms with Crippen LogP contribution in [0.1, 0.15) is 25.1 Å². The largest absolute Gasteiger partial charge is 0.337 e. The van der Waals surface area contributed by atoms with E-state index in [-0.39, 0.29) is 5.91 Å². The van der Waals surface area contributed by atoms with Crippen molar-refractivity contribution in [1.82, 2.24) is 24.7 Å². The maximum absolute atomic E-state index is 12.7. The predicted molar refractivity (Wildman–Crippen MR) is 80.7 cm³/mol. The van der Waals surface area contributed by atoms with E-state index in [1.165, 1.54) is 0 Å². The number of imidazole rings is 1. The topological polar surface area (TPSA) is 53.4 Å². The third-order valence-corrected chi connectivity index (χ3v) is 4.33. The van der Waals surface area contributed by atoms with Gasteiger partial charge in [-0.15, -0.1) is 0 Å². The Morgan fingerprint density at radius 1 is 1.43 bits per heavy atom. The molecule has 6 heteroatoms. The lowest BCUT2D eigenvalue weighted by Gasteiger charge is -2.26. The molecule has 0 spiro atoms. The number of amides is 1. The van der Waals surface area contributed by atoms with Gasteiger partial charge >= 0.3 is 0 Å². The van der Waals surface area contributed by atoms with E-state index in [0.717, 1.165) is 51.3 Å². The van der Waals surface area contributed by atoms with E-state index in [9.17, 15) is 4.79 Å². The normalized spacial score (nSPS) is 20.2. The van der Waals surface area contributed by atoms with Gasteiger partial charge in [0.05, 0.1) is 13.1 Å². The van der Waals surface area contributed by atoms with Gasteiger partial charge in [-0.3, -0.25) is 9.69 Å². The summed E-state index contributed by atoms with van der Waals surface area (Å²) in [6.07, 6.45) is 7.13.